The summed E-state index contributed by atoms with van der Waals surface area (Å²) in [4.78, 5) is 13.0. The Hall–Kier alpha value is -1.31. The van der Waals surface area contributed by atoms with Crippen LogP contribution in [0.5, 0.6) is 0 Å². The average molecular weight is 233 g/mol. The zero-order chi connectivity index (χ0) is 13.2. The minimum absolute atomic E-state index is 0.129. The Balaban J connectivity index is 2.95. The van der Waals surface area contributed by atoms with Crippen molar-refractivity contribution in [2.24, 2.45) is 0 Å². The van der Waals surface area contributed by atoms with Crippen LogP contribution in [0.25, 0.3) is 0 Å². The van der Waals surface area contributed by atoms with E-state index in [2.05, 4.69) is 33.8 Å². The highest BCUT2D eigenvalue weighted by Crippen LogP contribution is 2.22. The van der Waals surface area contributed by atoms with E-state index >= 15 is 0 Å². The molecule has 0 aliphatic carbocycles. The summed E-state index contributed by atoms with van der Waals surface area (Å²) in [5.41, 5.74) is 6.81. The fraction of sp³-hybridized carbons (Fsp3) is 0.533. The van der Waals surface area contributed by atoms with Crippen LogP contribution in [0.1, 0.15) is 34.7 Å². The van der Waals surface area contributed by atoms with Gasteiger partial charge >= 0.3 is 0 Å². The number of likely N-dealkylation sites (N-methyl/N-ethyl adjacent to an activating group) is 1. The van der Waals surface area contributed by atoms with Crippen LogP contribution in [-0.4, -0.2) is 24.4 Å². The van der Waals surface area contributed by atoms with Crippen molar-refractivity contribution in [1.82, 2.24) is 4.90 Å². The van der Waals surface area contributed by atoms with Gasteiger partial charge < -0.3 is 4.90 Å². The highest BCUT2D eigenvalue weighted by Gasteiger charge is 2.10. The van der Waals surface area contributed by atoms with Gasteiger partial charge in [-0.05, 0) is 61.9 Å². The summed E-state index contributed by atoms with van der Waals surface area (Å²) < 4.78 is 0. The Morgan fingerprint density at radius 3 is 2.00 bits per heavy atom. The summed E-state index contributed by atoms with van der Waals surface area (Å²) in [6.45, 7) is 11.1. The molecule has 1 aromatic rings. The minimum atomic E-state index is 0.129. The number of carbonyl (C=O) groups excluding carboxylic acids is 1. The molecule has 0 bridgehead atoms. The SMILES string of the molecule is CC(=O)N(C)CCc1c(C)c(C)cc(C)c1C. The summed E-state index contributed by atoms with van der Waals surface area (Å²) in [6, 6.07) is 2.24. The Kier molecular flexibility index (Phi) is 4.33. The van der Waals surface area contributed by atoms with E-state index in [1.54, 1.807) is 11.8 Å². The summed E-state index contributed by atoms with van der Waals surface area (Å²) in [7, 11) is 1.86. The van der Waals surface area contributed by atoms with Gasteiger partial charge in [-0.1, -0.05) is 6.07 Å². The van der Waals surface area contributed by atoms with Gasteiger partial charge in [-0.25, -0.2) is 0 Å². The summed E-state index contributed by atoms with van der Waals surface area (Å²) in [6.07, 6.45) is 0.941. The Labute approximate surface area is 105 Å². The van der Waals surface area contributed by atoms with E-state index in [0.717, 1.165) is 13.0 Å². The second-order valence-electron chi connectivity index (χ2n) is 4.93. The van der Waals surface area contributed by atoms with Crippen LogP contribution in [-0.2, 0) is 11.2 Å². The largest absolute Gasteiger partial charge is 0.346 e. The number of benzene rings is 1. The van der Waals surface area contributed by atoms with Gasteiger partial charge in [-0.15, -0.1) is 0 Å². The third-order valence-corrected chi connectivity index (χ3v) is 3.76. The Bertz CT molecular complexity index is 409. The standard InChI is InChI=1S/C15H23NO/c1-10-9-11(2)13(4)15(12(10)3)7-8-16(6)14(5)17/h9H,7-8H2,1-6H3. The van der Waals surface area contributed by atoms with E-state index in [-0.39, 0.29) is 5.91 Å². The average Bonchev–Trinajstić information content (AvgIpc) is 2.26. The lowest BCUT2D eigenvalue weighted by molar-refractivity contribution is -0.127. The highest BCUT2D eigenvalue weighted by molar-refractivity contribution is 5.72. The van der Waals surface area contributed by atoms with Crippen molar-refractivity contribution in [3.63, 3.8) is 0 Å². The van der Waals surface area contributed by atoms with E-state index in [0.29, 0.717) is 0 Å². The minimum Gasteiger partial charge on any atom is -0.346 e. The Morgan fingerprint density at radius 2 is 1.59 bits per heavy atom. The maximum atomic E-state index is 11.2. The van der Waals surface area contributed by atoms with Crippen LogP contribution in [0.4, 0.5) is 0 Å². The predicted octanol–water partition coefficient (Wildman–Crippen LogP) is 2.94. The smallest absolute Gasteiger partial charge is 0.219 e. The van der Waals surface area contributed by atoms with E-state index in [1.165, 1.54) is 27.8 Å². The molecule has 0 aromatic heterocycles. The monoisotopic (exact) mass is 233 g/mol. The molecule has 0 heterocycles. The van der Waals surface area contributed by atoms with E-state index in [1.807, 2.05) is 7.05 Å². The molecule has 0 aliphatic heterocycles. The van der Waals surface area contributed by atoms with E-state index in [9.17, 15) is 4.79 Å². The molecule has 17 heavy (non-hydrogen) atoms. The number of rotatable bonds is 3. The highest BCUT2D eigenvalue weighted by atomic mass is 16.2. The predicted molar refractivity (Wildman–Crippen MR) is 72.4 cm³/mol. The quantitative estimate of drug-likeness (QED) is 0.786. The first-order chi connectivity index (χ1) is 7.84. The maximum absolute atomic E-state index is 11.2. The molecular weight excluding hydrogens is 210 g/mol. The molecule has 0 atom stereocenters. The second-order valence-corrected chi connectivity index (χ2v) is 4.93. The number of hydrogen-bond acceptors (Lipinski definition) is 1. The van der Waals surface area contributed by atoms with Crippen LogP contribution in [0.3, 0.4) is 0 Å². The zero-order valence-corrected chi connectivity index (χ0v) is 11.8. The first-order valence-electron chi connectivity index (χ1n) is 6.12. The van der Waals surface area contributed by atoms with Crippen LogP contribution in [0.15, 0.2) is 6.07 Å². The van der Waals surface area contributed by atoms with Crippen molar-refractivity contribution in [1.29, 1.82) is 0 Å². The molecule has 94 valence electrons. The van der Waals surface area contributed by atoms with Crippen molar-refractivity contribution >= 4 is 5.91 Å². The number of carbonyl (C=O) groups is 1. The van der Waals surface area contributed by atoms with Crippen molar-refractivity contribution in [3.05, 3.63) is 33.9 Å². The van der Waals surface area contributed by atoms with Gasteiger partial charge in [0.1, 0.15) is 0 Å². The molecular formula is C15H23NO. The lowest BCUT2D eigenvalue weighted by Gasteiger charge is -2.19. The summed E-state index contributed by atoms with van der Waals surface area (Å²) >= 11 is 0. The molecule has 0 fully saturated rings. The molecule has 0 aliphatic rings. The van der Waals surface area contributed by atoms with Gasteiger partial charge in [0.05, 0.1) is 0 Å². The van der Waals surface area contributed by atoms with Gasteiger partial charge in [-0.3, -0.25) is 4.79 Å². The molecule has 0 saturated heterocycles. The third-order valence-electron chi connectivity index (χ3n) is 3.76. The third kappa shape index (κ3) is 3.09. The zero-order valence-electron chi connectivity index (χ0n) is 11.8. The molecule has 0 unspecified atom stereocenters. The normalized spacial score (nSPS) is 10.5. The fourth-order valence-corrected chi connectivity index (χ4v) is 2.11. The maximum Gasteiger partial charge on any atom is 0.219 e. The van der Waals surface area contributed by atoms with E-state index < -0.39 is 0 Å². The number of aryl methyl sites for hydroxylation is 2. The van der Waals surface area contributed by atoms with Gasteiger partial charge in [0, 0.05) is 20.5 Å². The van der Waals surface area contributed by atoms with Gasteiger partial charge in [-0.2, -0.15) is 0 Å². The second kappa shape index (κ2) is 5.35. The molecule has 0 saturated carbocycles. The molecule has 0 radical (unpaired) electrons. The van der Waals surface area contributed by atoms with Crippen LogP contribution >= 0.6 is 0 Å². The number of nitrogens with zero attached hydrogens (tertiary/aromatic N) is 1. The number of amides is 1. The lowest BCUT2D eigenvalue weighted by atomic mass is 9.92. The van der Waals surface area contributed by atoms with Crippen molar-refractivity contribution in [2.75, 3.05) is 13.6 Å². The van der Waals surface area contributed by atoms with E-state index in [4.69, 9.17) is 0 Å². The van der Waals surface area contributed by atoms with Crippen molar-refractivity contribution in [2.45, 2.75) is 41.0 Å². The molecule has 2 nitrogen and oxygen atoms in total. The summed E-state index contributed by atoms with van der Waals surface area (Å²) in [5.74, 6) is 0.129. The Morgan fingerprint density at radius 1 is 1.12 bits per heavy atom. The topological polar surface area (TPSA) is 20.3 Å². The fourth-order valence-electron chi connectivity index (χ4n) is 2.11. The molecule has 0 spiro atoms. The molecule has 1 aromatic carbocycles. The van der Waals surface area contributed by atoms with Gasteiger partial charge in [0.2, 0.25) is 5.91 Å². The lowest BCUT2D eigenvalue weighted by Crippen LogP contribution is -2.26. The van der Waals surface area contributed by atoms with Crippen LogP contribution in [0.2, 0.25) is 0 Å². The molecule has 2 heteroatoms. The first-order valence-corrected chi connectivity index (χ1v) is 6.12. The first kappa shape index (κ1) is 13.8. The van der Waals surface area contributed by atoms with Gasteiger partial charge in [0.15, 0.2) is 0 Å². The summed E-state index contributed by atoms with van der Waals surface area (Å²) in [5, 5.41) is 0. The van der Waals surface area contributed by atoms with Crippen LogP contribution in [0, 0.1) is 27.7 Å². The molecule has 0 N–H and O–H groups in total. The molecule has 1 rings (SSSR count). The molecule has 1 amide bonds. The van der Waals surface area contributed by atoms with Crippen molar-refractivity contribution in [3.8, 4) is 0 Å². The van der Waals surface area contributed by atoms with Crippen molar-refractivity contribution < 1.29 is 4.79 Å². The van der Waals surface area contributed by atoms with Gasteiger partial charge in [0.25, 0.3) is 0 Å². The number of hydrogen-bond donors (Lipinski definition) is 0. The van der Waals surface area contributed by atoms with Crippen LogP contribution < -0.4 is 0 Å².